The summed E-state index contributed by atoms with van der Waals surface area (Å²) in [4.78, 5) is 14.0. The number of hydrogen-bond acceptors (Lipinski definition) is 4. The fourth-order valence-corrected chi connectivity index (χ4v) is 4.35. The first-order valence-electron chi connectivity index (χ1n) is 6.76. The lowest BCUT2D eigenvalue weighted by atomic mass is 10.1. The van der Waals surface area contributed by atoms with E-state index in [9.17, 15) is 13.2 Å². The molecule has 0 radical (unpaired) electrons. The average molecular weight is 296 g/mol. The Kier molecular flexibility index (Phi) is 4.32. The maximum Gasteiger partial charge on any atom is 0.227 e. The van der Waals surface area contributed by atoms with Gasteiger partial charge < -0.3 is 10.6 Å². The average Bonchev–Trinajstić information content (AvgIpc) is 2.73. The number of nitrogens with zero attached hydrogens (tertiary/aromatic N) is 1. The molecule has 6 heteroatoms. The van der Waals surface area contributed by atoms with E-state index >= 15 is 0 Å². The van der Waals surface area contributed by atoms with Gasteiger partial charge in [0.2, 0.25) is 5.91 Å². The number of anilines is 1. The maximum absolute atomic E-state index is 12.4. The SMILES string of the molecule is CCN(C(=O)Cc1ccccc1N)C1CCS(=O)(=O)C1. The van der Waals surface area contributed by atoms with Crippen molar-refractivity contribution in [2.45, 2.75) is 25.8 Å². The van der Waals surface area contributed by atoms with Crippen LogP contribution in [0.3, 0.4) is 0 Å². The highest BCUT2D eigenvalue weighted by molar-refractivity contribution is 7.91. The van der Waals surface area contributed by atoms with Crippen LogP contribution in [0.1, 0.15) is 18.9 Å². The second-order valence-corrected chi connectivity index (χ2v) is 7.34. The number of likely N-dealkylation sites (N-methyl/N-ethyl adjacent to an activating group) is 1. The molecule has 2 rings (SSSR count). The van der Waals surface area contributed by atoms with Crippen molar-refractivity contribution in [3.05, 3.63) is 29.8 Å². The first-order chi connectivity index (χ1) is 9.43. The summed E-state index contributed by atoms with van der Waals surface area (Å²) < 4.78 is 23.1. The van der Waals surface area contributed by atoms with Gasteiger partial charge in [-0.25, -0.2) is 8.42 Å². The maximum atomic E-state index is 12.4. The quantitative estimate of drug-likeness (QED) is 0.835. The van der Waals surface area contributed by atoms with Crippen LogP contribution < -0.4 is 5.73 Å². The van der Waals surface area contributed by atoms with E-state index in [2.05, 4.69) is 0 Å². The highest BCUT2D eigenvalue weighted by Crippen LogP contribution is 2.20. The first kappa shape index (κ1) is 14.8. The van der Waals surface area contributed by atoms with Crippen molar-refractivity contribution in [1.82, 2.24) is 4.90 Å². The Balaban J connectivity index is 2.09. The van der Waals surface area contributed by atoms with Gasteiger partial charge in [-0.05, 0) is 25.0 Å². The van der Waals surface area contributed by atoms with E-state index in [1.54, 1.807) is 11.0 Å². The molecule has 1 saturated heterocycles. The molecular weight excluding hydrogens is 276 g/mol. The first-order valence-corrected chi connectivity index (χ1v) is 8.58. The molecule has 1 atom stereocenters. The minimum Gasteiger partial charge on any atom is -0.398 e. The summed E-state index contributed by atoms with van der Waals surface area (Å²) in [5.41, 5.74) is 7.22. The van der Waals surface area contributed by atoms with E-state index in [4.69, 9.17) is 5.73 Å². The predicted octanol–water partition coefficient (Wildman–Crippen LogP) is 0.847. The zero-order chi connectivity index (χ0) is 14.8. The van der Waals surface area contributed by atoms with Gasteiger partial charge in [-0.3, -0.25) is 4.79 Å². The number of rotatable bonds is 4. The molecule has 0 aromatic heterocycles. The van der Waals surface area contributed by atoms with E-state index in [1.165, 1.54) is 0 Å². The van der Waals surface area contributed by atoms with Crippen molar-refractivity contribution >= 4 is 21.4 Å². The number of hydrogen-bond donors (Lipinski definition) is 1. The Bertz CT molecular complexity index is 598. The monoisotopic (exact) mass is 296 g/mol. The fraction of sp³-hybridized carbons (Fsp3) is 0.500. The minimum absolute atomic E-state index is 0.0625. The molecule has 1 fully saturated rings. The predicted molar refractivity (Wildman–Crippen MR) is 79.0 cm³/mol. The number of amides is 1. The number of carbonyl (C=O) groups is 1. The number of sulfone groups is 1. The molecule has 110 valence electrons. The van der Waals surface area contributed by atoms with Crippen molar-refractivity contribution in [3.63, 3.8) is 0 Å². The zero-order valence-electron chi connectivity index (χ0n) is 11.6. The summed E-state index contributed by atoms with van der Waals surface area (Å²) in [7, 11) is -2.98. The molecule has 20 heavy (non-hydrogen) atoms. The van der Waals surface area contributed by atoms with Gasteiger partial charge >= 0.3 is 0 Å². The third-order valence-electron chi connectivity index (χ3n) is 3.71. The van der Waals surface area contributed by atoms with Gasteiger partial charge in [0.25, 0.3) is 0 Å². The number of benzene rings is 1. The Morgan fingerprint density at radius 3 is 2.65 bits per heavy atom. The molecule has 5 nitrogen and oxygen atoms in total. The third-order valence-corrected chi connectivity index (χ3v) is 5.46. The van der Waals surface area contributed by atoms with Crippen LogP contribution in [0.4, 0.5) is 5.69 Å². The van der Waals surface area contributed by atoms with Crippen LogP contribution in [-0.4, -0.2) is 43.3 Å². The lowest BCUT2D eigenvalue weighted by molar-refractivity contribution is -0.132. The lowest BCUT2D eigenvalue weighted by Crippen LogP contribution is -2.41. The number of para-hydroxylation sites is 1. The minimum atomic E-state index is -2.98. The molecule has 1 amide bonds. The van der Waals surface area contributed by atoms with E-state index in [-0.39, 0.29) is 29.9 Å². The van der Waals surface area contributed by atoms with Crippen molar-refractivity contribution < 1.29 is 13.2 Å². The highest BCUT2D eigenvalue weighted by atomic mass is 32.2. The van der Waals surface area contributed by atoms with Crippen LogP contribution >= 0.6 is 0 Å². The molecule has 0 saturated carbocycles. The van der Waals surface area contributed by atoms with Gasteiger partial charge in [0.1, 0.15) is 0 Å². The Labute approximate surface area is 119 Å². The van der Waals surface area contributed by atoms with Gasteiger partial charge in [-0.2, -0.15) is 0 Å². The second kappa shape index (κ2) is 5.83. The Morgan fingerprint density at radius 1 is 1.40 bits per heavy atom. The van der Waals surface area contributed by atoms with E-state index in [1.807, 2.05) is 25.1 Å². The van der Waals surface area contributed by atoms with Crippen LogP contribution in [-0.2, 0) is 21.1 Å². The third kappa shape index (κ3) is 3.30. The smallest absolute Gasteiger partial charge is 0.227 e. The molecule has 1 heterocycles. The molecule has 0 spiro atoms. The second-order valence-electron chi connectivity index (χ2n) is 5.11. The molecule has 0 bridgehead atoms. The summed E-state index contributed by atoms with van der Waals surface area (Å²) >= 11 is 0. The van der Waals surface area contributed by atoms with Gasteiger partial charge in [-0.1, -0.05) is 18.2 Å². The van der Waals surface area contributed by atoms with E-state index in [0.29, 0.717) is 18.7 Å². The van der Waals surface area contributed by atoms with Crippen molar-refractivity contribution in [2.24, 2.45) is 0 Å². The van der Waals surface area contributed by atoms with Crippen molar-refractivity contribution in [3.8, 4) is 0 Å². The summed E-state index contributed by atoms with van der Waals surface area (Å²) in [6, 6.07) is 7.06. The Morgan fingerprint density at radius 2 is 2.10 bits per heavy atom. The largest absolute Gasteiger partial charge is 0.398 e. The molecule has 1 aromatic carbocycles. The van der Waals surface area contributed by atoms with Crippen LogP contribution in [0.5, 0.6) is 0 Å². The topological polar surface area (TPSA) is 80.5 Å². The normalized spacial score (nSPS) is 20.8. The zero-order valence-corrected chi connectivity index (χ0v) is 12.4. The van der Waals surface area contributed by atoms with Crippen LogP contribution in [0, 0.1) is 0 Å². The fourth-order valence-electron chi connectivity index (χ4n) is 2.62. The number of nitrogen functional groups attached to an aromatic ring is 1. The molecule has 1 unspecified atom stereocenters. The summed E-state index contributed by atoms with van der Waals surface area (Å²) in [6.07, 6.45) is 0.753. The molecule has 1 aliphatic rings. The molecular formula is C14H20N2O3S. The molecule has 1 aromatic rings. The highest BCUT2D eigenvalue weighted by Gasteiger charge is 2.33. The van der Waals surface area contributed by atoms with Crippen LogP contribution in [0.2, 0.25) is 0 Å². The van der Waals surface area contributed by atoms with E-state index < -0.39 is 9.84 Å². The summed E-state index contributed by atoms with van der Waals surface area (Å²) in [6.45, 7) is 2.39. The number of nitrogens with two attached hydrogens (primary N) is 1. The van der Waals surface area contributed by atoms with Crippen molar-refractivity contribution in [2.75, 3.05) is 23.8 Å². The van der Waals surface area contributed by atoms with Gasteiger partial charge in [0, 0.05) is 18.3 Å². The van der Waals surface area contributed by atoms with Crippen molar-refractivity contribution in [1.29, 1.82) is 0 Å². The molecule has 1 aliphatic heterocycles. The van der Waals surface area contributed by atoms with E-state index in [0.717, 1.165) is 5.56 Å². The molecule has 2 N–H and O–H groups in total. The Hall–Kier alpha value is -1.56. The standard InChI is InChI=1S/C14H20N2O3S/c1-2-16(12-7-8-20(18,19)10-12)14(17)9-11-5-3-4-6-13(11)15/h3-6,12H,2,7-10,15H2,1H3. The summed E-state index contributed by atoms with van der Waals surface area (Å²) in [5.74, 6) is 0.193. The number of carbonyl (C=O) groups excluding carboxylic acids is 1. The van der Waals surface area contributed by atoms with Gasteiger partial charge in [-0.15, -0.1) is 0 Å². The van der Waals surface area contributed by atoms with Crippen LogP contribution in [0.25, 0.3) is 0 Å². The summed E-state index contributed by atoms with van der Waals surface area (Å²) in [5, 5.41) is 0. The van der Waals surface area contributed by atoms with Gasteiger partial charge in [0.05, 0.1) is 17.9 Å². The van der Waals surface area contributed by atoms with Crippen LogP contribution in [0.15, 0.2) is 24.3 Å². The molecule has 0 aliphatic carbocycles. The lowest BCUT2D eigenvalue weighted by Gasteiger charge is -2.27. The van der Waals surface area contributed by atoms with Gasteiger partial charge in [0.15, 0.2) is 9.84 Å².